The lowest BCUT2D eigenvalue weighted by Crippen LogP contribution is -2.43. The summed E-state index contributed by atoms with van der Waals surface area (Å²) in [6.45, 7) is 7.30. The average Bonchev–Trinajstić information content (AvgIpc) is 3.00. The van der Waals surface area contributed by atoms with Crippen LogP contribution in [0.1, 0.15) is 31.9 Å². The zero-order valence-corrected chi connectivity index (χ0v) is 12.9. The minimum absolute atomic E-state index is 0.0728. The first kappa shape index (κ1) is 16.0. The van der Waals surface area contributed by atoms with Crippen molar-refractivity contribution in [1.29, 1.82) is 0 Å². The molecule has 1 aliphatic heterocycles. The molecule has 2 heterocycles. The van der Waals surface area contributed by atoms with Gasteiger partial charge >= 0.3 is 0 Å². The molecule has 1 atom stereocenters. The Kier molecular flexibility index (Phi) is 6.76. The van der Waals surface area contributed by atoms with E-state index in [0.717, 1.165) is 38.4 Å². The first-order valence-corrected chi connectivity index (χ1v) is 8.00. The molecule has 1 unspecified atom stereocenters. The highest BCUT2D eigenvalue weighted by Gasteiger charge is 2.18. The van der Waals surface area contributed by atoms with Crippen molar-refractivity contribution in [2.24, 2.45) is 5.92 Å². The van der Waals surface area contributed by atoms with E-state index in [0.29, 0.717) is 19.0 Å². The van der Waals surface area contributed by atoms with Gasteiger partial charge in [-0.2, -0.15) is 0 Å². The Morgan fingerprint density at radius 2 is 2.48 bits per heavy atom. The molecule has 1 amide bonds. The molecule has 0 spiro atoms. The Morgan fingerprint density at radius 3 is 3.14 bits per heavy atom. The first-order chi connectivity index (χ1) is 10.3. The van der Waals surface area contributed by atoms with Crippen molar-refractivity contribution in [1.82, 2.24) is 15.5 Å². The van der Waals surface area contributed by atoms with Crippen LogP contribution in [0, 0.1) is 5.92 Å². The summed E-state index contributed by atoms with van der Waals surface area (Å²) >= 11 is 0. The maximum Gasteiger partial charge on any atom is 0.234 e. The third-order valence-electron chi connectivity index (χ3n) is 3.86. The van der Waals surface area contributed by atoms with E-state index >= 15 is 0 Å². The second kappa shape index (κ2) is 8.85. The standard InChI is InChI=1S/C16H27N3O2/c1-2-8-19(12-14-5-3-7-17-10-14)13-16(20)18-11-15-6-4-9-21-15/h4,6,9,14,17H,2-3,5,7-8,10-13H2,1H3,(H,18,20). The van der Waals surface area contributed by atoms with E-state index in [2.05, 4.69) is 22.5 Å². The first-order valence-electron chi connectivity index (χ1n) is 8.00. The number of furan rings is 1. The van der Waals surface area contributed by atoms with Gasteiger partial charge in [-0.25, -0.2) is 0 Å². The van der Waals surface area contributed by atoms with Gasteiger partial charge in [0, 0.05) is 6.54 Å². The van der Waals surface area contributed by atoms with E-state index in [1.165, 1.54) is 12.8 Å². The van der Waals surface area contributed by atoms with Gasteiger partial charge in [0.25, 0.3) is 0 Å². The topological polar surface area (TPSA) is 57.5 Å². The summed E-state index contributed by atoms with van der Waals surface area (Å²) in [6, 6.07) is 3.71. The second-order valence-electron chi connectivity index (χ2n) is 5.80. The number of rotatable bonds is 8. The average molecular weight is 293 g/mol. The van der Waals surface area contributed by atoms with Crippen molar-refractivity contribution in [3.8, 4) is 0 Å². The highest BCUT2D eigenvalue weighted by molar-refractivity contribution is 5.77. The smallest absolute Gasteiger partial charge is 0.234 e. The van der Waals surface area contributed by atoms with E-state index in [1.54, 1.807) is 6.26 Å². The minimum Gasteiger partial charge on any atom is -0.467 e. The molecule has 1 aliphatic rings. The molecular weight excluding hydrogens is 266 g/mol. The zero-order valence-electron chi connectivity index (χ0n) is 12.9. The predicted octanol–water partition coefficient (Wildman–Crippen LogP) is 1.61. The molecule has 21 heavy (non-hydrogen) atoms. The van der Waals surface area contributed by atoms with E-state index in [-0.39, 0.29) is 5.91 Å². The molecule has 1 saturated heterocycles. The molecule has 1 aromatic heterocycles. The molecule has 0 saturated carbocycles. The van der Waals surface area contributed by atoms with Gasteiger partial charge < -0.3 is 15.1 Å². The highest BCUT2D eigenvalue weighted by Crippen LogP contribution is 2.12. The maximum atomic E-state index is 12.1. The number of carbonyl (C=O) groups excluding carboxylic acids is 1. The van der Waals surface area contributed by atoms with E-state index < -0.39 is 0 Å². The number of nitrogens with one attached hydrogen (secondary N) is 2. The Bertz CT molecular complexity index is 400. The van der Waals surface area contributed by atoms with Crippen LogP contribution in [0.4, 0.5) is 0 Å². The molecular formula is C16H27N3O2. The summed E-state index contributed by atoms with van der Waals surface area (Å²) in [5, 5.41) is 6.36. The Morgan fingerprint density at radius 1 is 1.57 bits per heavy atom. The van der Waals surface area contributed by atoms with Crippen molar-refractivity contribution in [2.75, 3.05) is 32.7 Å². The van der Waals surface area contributed by atoms with Crippen LogP contribution in [-0.2, 0) is 11.3 Å². The third-order valence-corrected chi connectivity index (χ3v) is 3.86. The molecule has 1 fully saturated rings. The lowest BCUT2D eigenvalue weighted by atomic mass is 9.99. The normalized spacial score (nSPS) is 18.9. The molecule has 2 rings (SSSR count). The van der Waals surface area contributed by atoms with Crippen LogP contribution in [0.2, 0.25) is 0 Å². The molecule has 0 bridgehead atoms. The number of piperidine rings is 1. The van der Waals surface area contributed by atoms with Crippen LogP contribution >= 0.6 is 0 Å². The van der Waals surface area contributed by atoms with Crippen LogP contribution in [0.15, 0.2) is 22.8 Å². The van der Waals surface area contributed by atoms with Gasteiger partial charge in [0.15, 0.2) is 0 Å². The Hall–Kier alpha value is -1.33. The van der Waals surface area contributed by atoms with Gasteiger partial charge in [-0.05, 0) is 56.9 Å². The predicted molar refractivity (Wildman–Crippen MR) is 82.9 cm³/mol. The fourth-order valence-corrected chi connectivity index (χ4v) is 2.85. The van der Waals surface area contributed by atoms with Gasteiger partial charge in [0.05, 0.1) is 19.4 Å². The van der Waals surface area contributed by atoms with E-state index in [4.69, 9.17) is 4.42 Å². The molecule has 0 aliphatic carbocycles. The van der Waals surface area contributed by atoms with Crippen LogP contribution in [-0.4, -0.2) is 43.5 Å². The molecule has 1 aromatic rings. The lowest BCUT2D eigenvalue weighted by Gasteiger charge is -2.29. The molecule has 0 radical (unpaired) electrons. The fourth-order valence-electron chi connectivity index (χ4n) is 2.85. The largest absolute Gasteiger partial charge is 0.467 e. The molecule has 5 nitrogen and oxygen atoms in total. The number of carbonyl (C=O) groups is 1. The van der Waals surface area contributed by atoms with Gasteiger partial charge in [0.2, 0.25) is 5.91 Å². The summed E-state index contributed by atoms with van der Waals surface area (Å²) in [4.78, 5) is 14.3. The minimum atomic E-state index is 0.0728. The fraction of sp³-hybridized carbons (Fsp3) is 0.688. The van der Waals surface area contributed by atoms with Crippen LogP contribution in [0.5, 0.6) is 0 Å². The van der Waals surface area contributed by atoms with E-state index in [9.17, 15) is 4.79 Å². The molecule has 5 heteroatoms. The summed E-state index contributed by atoms with van der Waals surface area (Å²) in [5.41, 5.74) is 0. The van der Waals surface area contributed by atoms with Crippen molar-refractivity contribution < 1.29 is 9.21 Å². The van der Waals surface area contributed by atoms with Crippen molar-refractivity contribution >= 4 is 5.91 Å². The monoisotopic (exact) mass is 293 g/mol. The summed E-state index contributed by atoms with van der Waals surface area (Å²) < 4.78 is 5.22. The Labute approximate surface area is 127 Å². The van der Waals surface area contributed by atoms with E-state index in [1.807, 2.05) is 12.1 Å². The Balaban J connectivity index is 1.73. The summed E-state index contributed by atoms with van der Waals surface area (Å²) in [5.74, 6) is 1.54. The number of nitrogens with zero attached hydrogens (tertiary/aromatic N) is 1. The molecule has 2 N–H and O–H groups in total. The number of amides is 1. The number of hydrogen-bond acceptors (Lipinski definition) is 4. The van der Waals surface area contributed by atoms with Gasteiger partial charge in [0.1, 0.15) is 5.76 Å². The van der Waals surface area contributed by atoms with Crippen LogP contribution in [0.3, 0.4) is 0 Å². The highest BCUT2D eigenvalue weighted by atomic mass is 16.3. The zero-order chi connectivity index (χ0) is 14.9. The number of hydrogen-bond donors (Lipinski definition) is 2. The molecule has 118 valence electrons. The van der Waals surface area contributed by atoms with Gasteiger partial charge in [-0.3, -0.25) is 9.69 Å². The van der Waals surface area contributed by atoms with Gasteiger partial charge in [-0.1, -0.05) is 6.92 Å². The maximum absolute atomic E-state index is 12.1. The van der Waals surface area contributed by atoms with Gasteiger partial charge in [-0.15, -0.1) is 0 Å². The van der Waals surface area contributed by atoms with Crippen molar-refractivity contribution in [2.45, 2.75) is 32.7 Å². The SMILES string of the molecule is CCCN(CC(=O)NCc1ccco1)CC1CCCNC1. The lowest BCUT2D eigenvalue weighted by molar-refractivity contribution is -0.122. The second-order valence-corrected chi connectivity index (χ2v) is 5.80. The van der Waals surface area contributed by atoms with Crippen LogP contribution in [0.25, 0.3) is 0 Å². The summed E-state index contributed by atoms with van der Waals surface area (Å²) in [7, 11) is 0. The quantitative estimate of drug-likeness (QED) is 0.764. The third kappa shape index (κ3) is 5.89. The summed E-state index contributed by atoms with van der Waals surface area (Å²) in [6.07, 6.45) is 5.21. The van der Waals surface area contributed by atoms with Crippen molar-refractivity contribution in [3.63, 3.8) is 0 Å². The van der Waals surface area contributed by atoms with Crippen LogP contribution < -0.4 is 10.6 Å². The molecule has 0 aromatic carbocycles. The van der Waals surface area contributed by atoms with Crippen molar-refractivity contribution in [3.05, 3.63) is 24.2 Å².